The summed E-state index contributed by atoms with van der Waals surface area (Å²) in [6, 6.07) is 4.20. The Morgan fingerprint density at radius 1 is 1.08 bits per heavy atom. The highest BCUT2D eigenvalue weighted by atomic mass is 19.1. The number of halogens is 2. The van der Waals surface area contributed by atoms with Crippen LogP contribution < -0.4 is 10.6 Å². The molecule has 0 fully saturated rings. The van der Waals surface area contributed by atoms with E-state index < -0.39 is 17.5 Å². The summed E-state index contributed by atoms with van der Waals surface area (Å²) in [6.07, 6.45) is 4.41. The number of amides is 2. The molecule has 2 rings (SSSR count). The van der Waals surface area contributed by atoms with E-state index in [1.54, 1.807) is 0 Å². The number of nitrogens with zero attached hydrogens (tertiary/aromatic N) is 1. The molecule has 5 nitrogen and oxygen atoms in total. The number of hydrogen-bond acceptors (Lipinski definition) is 3. The second-order valence-electron chi connectivity index (χ2n) is 5.15. The van der Waals surface area contributed by atoms with E-state index in [9.17, 15) is 18.4 Å². The van der Waals surface area contributed by atoms with E-state index in [-0.39, 0.29) is 22.7 Å². The van der Waals surface area contributed by atoms with Crippen LogP contribution in [0.4, 0.5) is 14.5 Å². The molecule has 126 valence electrons. The molecule has 0 atom stereocenters. The van der Waals surface area contributed by atoms with Gasteiger partial charge in [0.05, 0.1) is 16.8 Å². The molecule has 0 unspecified atom stereocenters. The average Bonchev–Trinajstić information content (AvgIpc) is 2.57. The Kier molecular flexibility index (Phi) is 5.95. The fourth-order valence-electron chi connectivity index (χ4n) is 1.95. The molecule has 1 heterocycles. The lowest BCUT2D eigenvalue weighted by molar-refractivity contribution is 0.0953. The smallest absolute Gasteiger partial charge is 0.257 e. The van der Waals surface area contributed by atoms with Crippen LogP contribution in [-0.4, -0.2) is 23.3 Å². The highest BCUT2D eigenvalue weighted by Gasteiger charge is 2.13. The molecule has 0 aliphatic carbocycles. The van der Waals surface area contributed by atoms with E-state index in [0.29, 0.717) is 12.6 Å². The first-order valence-corrected chi connectivity index (χ1v) is 7.51. The van der Waals surface area contributed by atoms with Gasteiger partial charge in [-0.2, -0.15) is 0 Å². The molecule has 24 heavy (non-hydrogen) atoms. The van der Waals surface area contributed by atoms with Crippen LogP contribution in [0.3, 0.4) is 0 Å². The fraction of sp³-hybridized carbons (Fsp3) is 0.235. The number of hydrogen-bond donors (Lipinski definition) is 2. The van der Waals surface area contributed by atoms with Crippen molar-refractivity contribution in [2.75, 3.05) is 11.9 Å². The number of pyridine rings is 1. The Morgan fingerprint density at radius 3 is 2.46 bits per heavy atom. The minimum atomic E-state index is -0.884. The predicted molar refractivity (Wildman–Crippen MR) is 85.8 cm³/mol. The molecule has 2 N–H and O–H groups in total. The SMILES string of the molecule is CCCCNC(=O)c1cncc(C(=O)Nc2ccc(F)cc2F)c1. The first kappa shape index (κ1) is 17.5. The largest absolute Gasteiger partial charge is 0.352 e. The topological polar surface area (TPSA) is 71.1 Å². The zero-order valence-electron chi connectivity index (χ0n) is 13.1. The highest BCUT2D eigenvalue weighted by Crippen LogP contribution is 2.16. The number of nitrogens with one attached hydrogen (secondary N) is 2. The predicted octanol–water partition coefficient (Wildman–Crippen LogP) is 3.14. The van der Waals surface area contributed by atoms with E-state index in [2.05, 4.69) is 15.6 Å². The van der Waals surface area contributed by atoms with Crippen molar-refractivity contribution in [1.29, 1.82) is 0 Å². The lowest BCUT2D eigenvalue weighted by Crippen LogP contribution is -2.25. The van der Waals surface area contributed by atoms with Crippen LogP contribution in [0.1, 0.15) is 40.5 Å². The standard InChI is InChI=1S/C17H17F2N3O2/c1-2-3-6-21-16(23)11-7-12(10-20-9-11)17(24)22-15-5-4-13(18)8-14(15)19/h4-5,7-10H,2-3,6H2,1H3,(H,21,23)(H,22,24). The van der Waals surface area contributed by atoms with Crippen molar-refractivity contribution in [1.82, 2.24) is 10.3 Å². The third-order valence-electron chi connectivity index (χ3n) is 3.26. The summed E-state index contributed by atoms with van der Waals surface area (Å²) in [6.45, 7) is 2.54. The van der Waals surface area contributed by atoms with Gasteiger partial charge in [0.15, 0.2) is 0 Å². The van der Waals surface area contributed by atoms with E-state index in [0.717, 1.165) is 25.0 Å². The molecule has 7 heteroatoms. The molecule has 1 aromatic carbocycles. The summed E-state index contributed by atoms with van der Waals surface area (Å²) in [5.74, 6) is -2.60. The average molecular weight is 333 g/mol. The number of aromatic nitrogens is 1. The fourth-order valence-corrected chi connectivity index (χ4v) is 1.95. The Morgan fingerprint density at radius 2 is 1.79 bits per heavy atom. The molecule has 0 spiro atoms. The van der Waals surface area contributed by atoms with Gasteiger partial charge in [-0.25, -0.2) is 8.78 Å². The maximum atomic E-state index is 13.6. The number of benzene rings is 1. The van der Waals surface area contributed by atoms with E-state index in [1.807, 2.05) is 6.92 Å². The Hall–Kier alpha value is -2.83. The van der Waals surface area contributed by atoms with Gasteiger partial charge in [0.2, 0.25) is 0 Å². The van der Waals surface area contributed by atoms with Gasteiger partial charge in [0, 0.05) is 25.0 Å². The Bertz CT molecular complexity index is 750. The molecule has 0 aliphatic rings. The number of carbonyl (C=O) groups is 2. The number of unbranched alkanes of at least 4 members (excludes halogenated alkanes) is 1. The third kappa shape index (κ3) is 4.58. The molecule has 0 saturated heterocycles. The van der Waals surface area contributed by atoms with Crippen molar-refractivity contribution in [2.45, 2.75) is 19.8 Å². The number of rotatable bonds is 6. The monoisotopic (exact) mass is 333 g/mol. The molecule has 2 amide bonds. The summed E-state index contributed by atoms with van der Waals surface area (Å²) >= 11 is 0. The quantitative estimate of drug-likeness (QED) is 0.798. The summed E-state index contributed by atoms with van der Waals surface area (Å²) in [4.78, 5) is 28.0. The second-order valence-corrected chi connectivity index (χ2v) is 5.15. The van der Waals surface area contributed by atoms with Crippen LogP contribution in [0.2, 0.25) is 0 Å². The van der Waals surface area contributed by atoms with Crippen LogP contribution in [0.25, 0.3) is 0 Å². The molecule has 0 radical (unpaired) electrons. The maximum Gasteiger partial charge on any atom is 0.257 e. The molecular weight excluding hydrogens is 316 g/mol. The first-order valence-electron chi connectivity index (χ1n) is 7.51. The first-order chi connectivity index (χ1) is 11.5. The molecule has 0 aliphatic heterocycles. The highest BCUT2D eigenvalue weighted by molar-refractivity contribution is 6.05. The zero-order valence-corrected chi connectivity index (χ0v) is 13.1. The Labute approximate surface area is 138 Å². The van der Waals surface area contributed by atoms with Crippen molar-refractivity contribution < 1.29 is 18.4 Å². The van der Waals surface area contributed by atoms with Gasteiger partial charge in [-0.15, -0.1) is 0 Å². The minimum absolute atomic E-state index is 0.0990. The van der Waals surface area contributed by atoms with Crippen LogP contribution in [0, 0.1) is 11.6 Å². The van der Waals surface area contributed by atoms with E-state index in [1.165, 1.54) is 18.5 Å². The van der Waals surface area contributed by atoms with Crippen LogP contribution in [-0.2, 0) is 0 Å². The maximum absolute atomic E-state index is 13.6. The summed E-state index contributed by atoms with van der Waals surface area (Å²) in [5.41, 5.74) is 0.180. The molecular formula is C17H17F2N3O2. The van der Waals surface area contributed by atoms with E-state index >= 15 is 0 Å². The van der Waals surface area contributed by atoms with Crippen molar-refractivity contribution in [3.63, 3.8) is 0 Å². The summed E-state index contributed by atoms with van der Waals surface area (Å²) in [7, 11) is 0. The lowest BCUT2D eigenvalue weighted by Gasteiger charge is -2.08. The van der Waals surface area contributed by atoms with Crippen molar-refractivity contribution in [3.05, 3.63) is 59.4 Å². The lowest BCUT2D eigenvalue weighted by atomic mass is 10.1. The minimum Gasteiger partial charge on any atom is -0.352 e. The van der Waals surface area contributed by atoms with Gasteiger partial charge in [-0.05, 0) is 24.6 Å². The molecule has 0 bridgehead atoms. The normalized spacial score (nSPS) is 10.3. The second kappa shape index (κ2) is 8.14. The van der Waals surface area contributed by atoms with Crippen LogP contribution >= 0.6 is 0 Å². The number of anilines is 1. The van der Waals surface area contributed by atoms with Crippen LogP contribution in [0.5, 0.6) is 0 Å². The third-order valence-corrected chi connectivity index (χ3v) is 3.26. The van der Waals surface area contributed by atoms with Crippen molar-refractivity contribution in [2.24, 2.45) is 0 Å². The van der Waals surface area contributed by atoms with Gasteiger partial charge in [0.25, 0.3) is 11.8 Å². The van der Waals surface area contributed by atoms with Gasteiger partial charge in [-0.3, -0.25) is 14.6 Å². The molecule has 2 aromatic rings. The van der Waals surface area contributed by atoms with Crippen LogP contribution in [0.15, 0.2) is 36.7 Å². The zero-order chi connectivity index (χ0) is 17.5. The van der Waals surface area contributed by atoms with Crippen molar-refractivity contribution >= 4 is 17.5 Å². The van der Waals surface area contributed by atoms with E-state index in [4.69, 9.17) is 0 Å². The van der Waals surface area contributed by atoms with Gasteiger partial charge >= 0.3 is 0 Å². The van der Waals surface area contributed by atoms with Gasteiger partial charge in [-0.1, -0.05) is 13.3 Å². The number of carbonyl (C=O) groups excluding carboxylic acids is 2. The molecule has 1 aromatic heterocycles. The summed E-state index contributed by atoms with van der Waals surface area (Å²) < 4.78 is 26.4. The Balaban J connectivity index is 2.09. The van der Waals surface area contributed by atoms with Crippen molar-refractivity contribution in [3.8, 4) is 0 Å². The molecule has 0 saturated carbocycles. The van der Waals surface area contributed by atoms with Gasteiger partial charge in [0.1, 0.15) is 11.6 Å². The van der Waals surface area contributed by atoms with Gasteiger partial charge < -0.3 is 10.6 Å². The summed E-state index contributed by atoms with van der Waals surface area (Å²) in [5, 5.41) is 5.04.